The lowest BCUT2D eigenvalue weighted by atomic mass is 9.77. The van der Waals surface area contributed by atoms with Crippen LogP contribution in [0.4, 0.5) is 0 Å². The molecule has 1 aliphatic rings. The van der Waals surface area contributed by atoms with Crippen molar-refractivity contribution >= 4 is 23.6 Å². The van der Waals surface area contributed by atoms with Crippen LogP contribution in [-0.4, -0.2) is 23.2 Å². The van der Waals surface area contributed by atoms with Crippen molar-refractivity contribution in [2.75, 3.05) is 6.61 Å². The first-order chi connectivity index (χ1) is 10.0. The molecule has 0 bridgehead atoms. The van der Waals surface area contributed by atoms with Gasteiger partial charge in [0.25, 0.3) is 0 Å². The van der Waals surface area contributed by atoms with Crippen molar-refractivity contribution in [2.45, 2.75) is 38.1 Å². The quantitative estimate of drug-likeness (QED) is 0.838. The smallest absolute Gasteiger partial charge is 0.244 e. The lowest BCUT2D eigenvalue weighted by Crippen LogP contribution is -2.52. The van der Waals surface area contributed by atoms with Gasteiger partial charge in [-0.2, -0.15) is 0 Å². The van der Waals surface area contributed by atoms with E-state index in [0.29, 0.717) is 10.9 Å². The largest absolute Gasteiger partial charge is 0.394 e. The van der Waals surface area contributed by atoms with Gasteiger partial charge in [0.15, 0.2) is 0 Å². The van der Waals surface area contributed by atoms with Gasteiger partial charge in [-0.3, -0.25) is 4.79 Å². The molecule has 0 aliphatic heterocycles. The van der Waals surface area contributed by atoms with Gasteiger partial charge in [-0.05, 0) is 55.4 Å². The summed E-state index contributed by atoms with van der Waals surface area (Å²) in [5.41, 5.74) is 0.426. The molecule has 1 aromatic carbocycles. The summed E-state index contributed by atoms with van der Waals surface area (Å²) in [6.45, 7) is 2.21. The summed E-state index contributed by atoms with van der Waals surface area (Å²) in [6.07, 6.45) is 6.99. The molecule has 0 spiro atoms. The molecule has 114 valence electrons. The lowest BCUT2D eigenvalue weighted by Gasteiger charge is -2.38. The fourth-order valence-corrected chi connectivity index (χ4v) is 2.92. The Morgan fingerprint density at radius 3 is 2.81 bits per heavy atom. The number of amides is 1. The summed E-state index contributed by atoms with van der Waals surface area (Å²) in [5, 5.41) is 13.3. The van der Waals surface area contributed by atoms with E-state index in [0.717, 1.165) is 31.2 Å². The highest BCUT2D eigenvalue weighted by Gasteiger charge is 2.34. The summed E-state index contributed by atoms with van der Waals surface area (Å²) in [4.78, 5) is 12.1. The Morgan fingerprint density at radius 1 is 1.48 bits per heavy atom. The summed E-state index contributed by atoms with van der Waals surface area (Å²) in [6, 6.07) is 7.33. The SMILES string of the molecule is CC1CCC(CO)(NC(=O)C=Cc2cccc(Cl)c2)CC1. The first-order valence-electron chi connectivity index (χ1n) is 7.40. The van der Waals surface area contributed by atoms with E-state index in [-0.39, 0.29) is 12.5 Å². The number of nitrogens with one attached hydrogen (secondary N) is 1. The van der Waals surface area contributed by atoms with Crippen LogP contribution in [0, 0.1) is 5.92 Å². The zero-order valence-electron chi connectivity index (χ0n) is 12.3. The second-order valence-corrected chi connectivity index (χ2v) is 6.43. The average molecular weight is 308 g/mol. The first-order valence-corrected chi connectivity index (χ1v) is 7.77. The Balaban J connectivity index is 1.97. The molecule has 1 fully saturated rings. The monoisotopic (exact) mass is 307 g/mol. The maximum Gasteiger partial charge on any atom is 0.244 e. The van der Waals surface area contributed by atoms with Crippen LogP contribution in [0.1, 0.15) is 38.2 Å². The zero-order valence-corrected chi connectivity index (χ0v) is 13.1. The van der Waals surface area contributed by atoms with Crippen molar-refractivity contribution in [3.63, 3.8) is 0 Å². The van der Waals surface area contributed by atoms with Crippen molar-refractivity contribution in [3.8, 4) is 0 Å². The fourth-order valence-electron chi connectivity index (χ4n) is 2.72. The molecule has 0 radical (unpaired) electrons. The van der Waals surface area contributed by atoms with Gasteiger partial charge in [0.1, 0.15) is 0 Å². The molecular weight excluding hydrogens is 286 g/mol. The van der Waals surface area contributed by atoms with Gasteiger partial charge in [0.05, 0.1) is 12.1 Å². The minimum atomic E-state index is -0.456. The second kappa shape index (κ2) is 7.10. The molecule has 2 rings (SSSR count). The molecule has 0 heterocycles. The number of carbonyl (C=O) groups is 1. The Hall–Kier alpha value is -1.32. The highest BCUT2D eigenvalue weighted by molar-refractivity contribution is 6.30. The first kappa shape index (κ1) is 16.1. The van der Waals surface area contributed by atoms with Gasteiger partial charge < -0.3 is 10.4 Å². The van der Waals surface area contributed by atoms with Crippen molar-refractivity contribution in [3.05, 3.63) is 40.9 Å². The highest BCUT2D eigenvalue weighted by atomic mass is 35.5. The second-order valence-electron chi connectivity index (χ2n) is 6.00. The van der Waals surface area contributed by atoms with E-state index in [4.69, 9.17) is 11.6 Å². The van der Waals surface area contributed by atoms with Gasteiger partial charge in [-0.15, -0.1) is 0 Å². The average Bonchev–Trinajstić information content (AvgIpc) is 2.48. The number of rotatable bonds is 4. The summed E-state index contributed by atoms with van der Waals surface area (Å²) >= 11 is 5.91. The van der Waals surface area contributed by atoms with E-state index in [2.05, 4.69) is 12.2 Å². The molecule has 0 aromatic heterocycles. The van der Waals surface area contributed by atoms with Gasteiger partial charge >= 0.3 is 0 Å². The molecule has 3 nitrogen and oxygen atoms in total. The number of aliphatic hydroxyl groups excluding tert-OH is 1. The van der Waals surface area contributed by atoms with Gasteiger partial charge in [-0.25, -0.2) is 0 Å². The predicted molar refractivity (Wildman–Crippen MR) is 86.1 cm³/mol. The molecule has 0 unspecified atom stereocenters. The maximum atomic E-state index is 12.1. The van der Waals surface area contributed by atoms with Gasteiger partial charge in [-0.1, -0.05) is 30.7 Å². The lowest BCUT2D eigenvalue weighted by molar-refractivity contribution is -0.119. The van der Waals surface area contributed by atoms with Crippen LogP contribution < -0.4 is 5.32 Å². The van der Waals surface area contributed by atoms with E-state index in [1.165, 1.54) is 6.08 Å². The Labute approximate surface area is 131 Å². The third kappa shape index (κ3) is 4.58. The number of aliphatic hydroxyl groups is 1. The van der Waals surface area contributed by atoms with Crippen LogP contribution in [0.25, 0.3) is 6.08 Å². The van der Waals surface area contributed by atoms with Crippen molar-refractivity contribution in [1.82, 2.24) is 5.32 Å². The number of hydrogen-bond acceptors (Lipinski definition) is 2. The minimum absolute atomic E-state index is 0.00351. The minimum Gasteiger partial charge on any atom is -0.394 e. The number of carbonyl (C=O) groups excluding carboxylic acids is 1. The van der Waals surface area contributed by atoms with Crippen molar-refractivity contribution in [1.29, 1.82) is 0 Å². The fraction of sp³-hybridized carbons (Fsp3) is 0.471. The van der Waals surface area contributed by atoms with Crippen LogP contribution in [0.3, 0.4) is 0 Å². The molecule has 1 amide bonds. The van der Waals surface area contributed by atoms with E-state index < -0.39 is 5.54 Å². The molecular formula is C17H22ClNO2. The molecule has 2 N–H and O–H groups in total. The number of benzene rings is 1. The third-order valence-corrected chi connectivity index (χ3v) is 4.43. The van der Waals surface area contributed by atoms with Crippen LogP contribution in [0.15, 0.2) is 30.3 Å². The molecule has 4 heteroatoms. The summed E-state index contributed by atoms with van der Waals surface area (Å²) in [5.74, 6) is 0.502. The van der Waals surface area contributed by atoms with E-state index in [1.807, 2.05) is 12.1 Å². The molecule has 0 saturated heterocycles. The highest BCUT2D eigenvalue weighted by Crippen LogP contribution is 2.31. The Bertz CT molecular complexity index is 519. The maximum absolute atomic E-state index is 12.1. The Kier molecular flexibility index (Phi) is 5.43. The normalized spacial score (nSPS) is 26.0. The van der Waals surface area contributed by atoms with E-state index in [1.54, 1.807) is 18.2 Å². The van der Waals surface area contributed by atoms with Crippen molar-refractivity contribution in [2.24, 2.45) is 5.92 Å². The Morgan fingerprint density at radius 2 is 2.19 bits per heavy atom. The predicted octanol–water partition coefficient (Wildman–Crippen LogP) is 3.41. The molecule has 1 saturated carbocycles. The van der Waals surface area contributed by atoms with Crippen LogP contribution >= 0.6 is 11.6 Å². The molecule has 21 heavy (non-hydrogen) atoms. The number of hydrogen-bond donors (Lipinski definition) is 2. The van der Waals surface area contributed by atoms with E-state index >= 15 is 0 Å². The summed E-state index contributed by atoms with van der Waals surface area (Å²) in [7, 11) is 0. The zero-order chi connectivity index (χ0) is 15.3. The van der Waals surface area contributed by atoms with E-state index in [9.17, 15) is 9.90 Å². The van der Waals surface area contributed by atoms with Crippen molar-refractivity contribution < 1.29 is 9.90 Å². The third-order valence-electron chi connectivity index (χ3n) is 4.20. The van der Waals surface area contributed by atoms with Gasteiger partial charge in [0, 0.05) is 11.1 Å². The number of halogens is 1. The van der Waals surface area contributed by atoms with Crippen LogP contribution in [0.5, 0.6) is 0 Å². The molecule has 1 aliphatic carbocycles. The van der Waals surface area contributed by atoms with Gasteiger partial charge in [0.2, 0.25) is 5.91 Å². The van der Waals surface area contributed by atoms with Crippen LogP contribution in [-0.2, 0) is 4.79 Å². The molecule has 1 aromatic rings. The molecule has 0 atom stereocenters. The van der Waals surface area contributed by atoms with Crippen LogP contribution in [0.2, 0.25) is 5.02 Å². The standard InChI is InChI=1S/C17H22ClNO2/c1-13-7-9-17(12-20,10-8-13)19-16(21)6-5-14-3-2-4-15(18)11-14/h2-6,11,13,20H,7-10,12H2,1H3,(H,19,21). The topological polar surface area (TPSA) is 49.3 Å². The summed E-state index contributed by atoms with van der Waals surface area (Å²) < 4.78 is 0.